The zero-order valence-electron chi connectivity index (χ0n) is 10.5. The minimum Gasteiger partial charge on any atom is -0.505 e. The molecule has 18 heavy (non-hydrogen) atoms. The number of halogens is 1. The minimum atomic E-state index is -0.630. The molecule has 4 nitrogen and oxygen atoms in total. The summed E-state index contributed by atoms with van der Waals surface area (Å²) in [5.41, 5.74) is 0.735. The lowest BCUT2D eigenvalue weighted by Gasteiger charge is -2.06. The molecule has 0 bridgehead atoms. The highest BCUT2D eigenvalue weighted by Crippen LogP contribution is 2.15. The fourth-order valence-corrected chi connectivity index (χ4v) is 1.45. The van der Waals surface area contributed by atoms with Gasteiger partial charge in [-0.2, -0.15) is 0 Å². The van der Waals surface area contributed by atoms with Crippen molar-refractivity contribution in [2.24, 2.45) is 0 Å². The summed E-state index contributed by atoms with van der Waals surface area (Å²) in [6.45, 7) is 3.70. The lowest BCUT2D eigenvalue weighted by molar-refractivity contribution is -0.120. The fraction of sp³-hybridized carbons (Fsp3) is 0.462. The number of benzene rings is 1. The minimum absolute atomic E-state index is 0.0150. The maximum Gasteiger partial charge on any atom is 0.221 e. The van der Waals surface area contributed by atoms with E-state index in [0.29, 0.717) is 26.1 Å². The van der Waals surface area contributed by atoms with Crippen molar-refractivity contribution in [2.45, 2.75) is 26.3 Å². The topological polar surface area (TPSA) is 61.4 Å². The molecule has 0 heterocycles. The Hall–Kier alpha value is -1.62. The summed E-state index contributed by atoms with van der Waals surface area (Å²) in [5.74, 6) is -0.964. The standard InChI is InChI=1S/C13H19FN2O2/c1-2-6-16-13(18)5-7-15-9-10-3-4-12(17)11(14)8-10/h3-4,8,15,17H,2,5-7,9H2,1H3,(H,16,18). The molecule has 1 rings (SSSR count). The molecule has 0 atom stereocenters. The maximum absolute atomic E-state index is 13.0. The molecule has 0 radical (unpaired) electrons. The van der Waals surface area contributed by atoms with E-state index in [0.717, 1.165) is 12.0 Å². The fourth-order valence-electron chi connectivity index (χ4n) is 1.45. The zero-order chi connectivity index (χ0) is 13.4. The number of carbonyl (C=O) groups is 1. The Labute approximate surface area is 106 Å². The second-order valence-corrected chi connectivity index (χ2v) is 4.06. The molecule has 0 saturated carbocycles. The summed E-state index contributed by atoms with van der Waals surface area (Å²) >= 11 is 0. The van der Waals surface area contributed by atoms with Crippen LogP contribution >= 0.6 is 0 Å². The van der Waals surface area contributed by atoms with Gasteiger partial charge in [-0.1, -0.05) is 13.0 Å². The van der Waals surface area contributed by atoms with E-state index in [2.05, 4.69) is 10.6 Å². The number of phenolic OH excluding ortho intramolecular Hbond substituents is 1. The van der Waals surface area contributed by atoms with Gasteiger partial charge in [-0.15, -0.1) is 0 Å². The predicted octanol–water partition coefficient (Wildman–Crippen LogP) is 1.54. The molecule has 1 aromatic carbocycles. The predicted molar refractivity (Wildman–Crippen MR) is 67.7 cm³/mol. The Kier molecular flexibility index (Phi) is 6.14. The second kappa shape index (κ2) is 7.66. The van der Waals surface area contributed by atoms with Gasteiger partial charge < -0.3 is 15.7 Å². The van der Waals surface area contributed by atoms with Gasteiger partial charge in [0.2, 0.25) is 5.91 Å². The van der Waals surface area contributed by atoms with E-state index in [4.69, 9.17) is 5.11 Å². The molecule has 3 N–H and O–H groups in total. The van der Waals surface area contributed by atoms with E-state index in [9.17, 15) is 9.18 Å². The van der Waals surface area contributed by atoms with Crippen molar-refractivity contribution in [2.75, 3.05) is 13.1 Å². The van der Waals surface area contributed by atoms with E-state index in [1.165, 1.54) is 12.1 Å². The van der Waals surface area contributed by atoms with E-state index >= 15 is 0 Å². The zero-order valence-corrected chi connectivity index (χ0v) is 10.5. The number of rotatable bonds is 7. The number of hydrogen-bond acceptors (Lipinski definition) is 3. The van der Waals surface area contributed by atoms with Gasteiger partial charge in [0.05, 0.1) is 0 Å². The maximum atomic E-state index is 13.0. The smallest absolute Gasteiger partial charge is 0.221 e. The van der Waals surface area contributed by atoms with Crippen LogP contribution in [-0.4, -0.2) is 24.1 Å². The number of amides is 1. The molecule has 0 aliphatic carbocycles. The van der Waals surface area contributed by atoms with Gasteiger partial charge in [-0.3, -0.25) is 4.79 Å². The first-order valence-corrected chi connectivity index (χ1v) is 6.08. The molecule has 0 aliphatic rings. The average Bonchev–Trinajstić information content (AvgIpc) is 2.36. The Morgan fingerprint density at radius 2 is 2.17 bits per heavy atom. The van der Waals surface area contributed by atoms with Crippen LogP contribution in [0, 0.1) is 5.82 Å². The summed E-state index contributed by atoms with van der Waals surface area (Å²) < 4.78 is 13.0. The van der Waals surface area contributed by atoms with Gasteiger partial charge in [0, 0.05) is 26.1 Å². The summed E-state index contributed by atoms with van der Waals surface area (Å²) in [5, 5.41) is 14.8. The SMILES string of the molecule is CCCNC(=O)CCNCc1ccc(O)c(F)c1. The lowest BCUT2D eigenvalue weighted by atomic mass is 10.2. The van der Waals surface area contributed by atoms with Crippen LogP contribution in [0.5, 0.6) is 5.75 Å². The highest BCUT2D eigenvalue weighted by atomic mass is 19.1. The normalized spacial score (nSPS) is 10.3. The van der Waals surface area contributed by atoms with Gasteiger partial charge in [0.1, 0.15) is 0 Å². The first-order chi connectivity index (χ1) is 8.63. The largest absolute Gasteiger partial charge is 0.505 e. The van der Waals surface area contributed by atoms with E-state index < -0.39 is 5.82 Å². The van der Waals surface area contributed by atoms with Gasteiger partial charge in [-0.25, -0.2) is 4.39 Å². The molecule has 0 aliphatic heterocycles. The van der Waals surface area contributed by atoms with Crippen LogP contribution in [0.2, 0.25) is 0 Å². The average molecular weight is 254 g/mol. The van der Waals surface area contributed by atoms with Crippen molar-refractivity contribution in [3.63, 3.8) is 0 Å². The number of hydrogen-bond donors (Lipinski definition) is 3. The van der Waals surface area contributed by atoms with Crippen molar-refractivity contribution < 1.29 is 14.3 Å². The Balaban J connectivity index is 2.21. The van der Waals surface area contributed by atoms with Crippen molar-refractivity contribution in [1.82, 2.24) is 10.6 Å². The van der Waals surface area contributed by atoms with Crippen LogP contribution < -0.4 is 10.6 Å². The third-order valence-electron chi connectivity index (χ3n) is 2.44. The number of phenols is 1. The third-order valence-corrected chi connectivity index (χ3v) is 2.44. The summed E-state index contributed by atoms with van der Waals surface area (Å²) in [6.07, 6.45) is 1.33. The molecule has 1 aromatic rings. The molecule has 0 fully saturated rings. The summed E-state index contributed by atoms with van der Waals surface area (Å²) in [6, 6.07) is 4.24. The van der Waals surface area contributed by atoms with Gasteiger partial charge >= 0.3 is 0 Å². The molecular formula is C13H19FN2O2. The number of aromatic hydroxyl groups is 1. The highest BCUT2D eigenvalue weighted by Gasteiger charge is 2.02. The lowest BCUT2D eigenvalue weighted by Crippen LogP contribution is -2.28. The Morgan fingerprint density at radius 3 is 2.83 bits per heavy atom. The van der Waals surface area contributed by atoms with Crippen molar-refractivity contribution in [3.05, 3.63) is 29.6 Å². The Morgan fingerprint density at radius 1 is 1.39 bits per heavy atom. The van der Waals surface area contributed by atoms with Crippen LogP contribution in [0.15, 0.2) is 18.2 Å². The molecule has 1 amide bonds. The second-order valence-electron chi connectivity index (χ2n) is 4.06. The van der Waals surface area contributed by atoms with Crippen LogP contribution in [-0.2, 0) is 11.3 Å². The number of nitrogens with one attached hydrogen (secondary N) is 2. The molecule has 0 aromatic heterocycles. The van der Waals surface area contributed by atoms with Gasteiger partial charge in [-0.05, 0) is 24.1 Å². The van der Waals surface area contributed by atoms with E-state index in [1.807, 2.05) is 6.92 Å². The van der Waals surface area contributed by atoms with Crippen LogP contribution in [0.25, 0.3) is 0 Å². The molecule has 0 unspecified atom stereocenters. The first kappa shape index (κ1) is 14.4. The van der Waals surface area contributed by atoms with E-state index in [-0.39, 0.29) is 11.7 Å². The monoisotopic (exact) mass is 254 g/mol. The quantitative estimate of drug-likeness (QED) is 0.647. The van der Waals surface area contributed by atoms with Crippen molar-refractivity contribution in [1.29, 1.82) is 0 Å². The third kappa shape index (κ3) is 5.14. The van der Waals surface area contributed by atoms with Crippen molar-refractivity contribution >= 4 is 5.91 Å². The molecule has 0 spiro atoms. The van der Waals surface area contributed by atoms with Gasteiger partial charge in [0.25, 0.3) is 0 Å². The molecule has 100 valence electrons. The van der Waals surface area contributed by atoms with Crippen molar-refractivity contribution in [3.8, 4) is 5.75 Å². The first-order valence-electron chi connectivity index (χ1n) is 6.08. The summed E-state index contributed by atoms with van der Waals surface area (Å²) in [7, 11) is 0. The molecule has 0 saturated heterocycles. The van der Waals surface area contributed by atoms with E-state index in [1.54, 1.807) is 6.07 Å². The molecular weight excluding hydrogens is 235 g/mol. The number of carbonyl (C=O) groups excluding carboxylic acids is 1. The van der Waals surface area contributed by atoms with Crippen LogP contribution in [0.3, 0.4) is 0 Å². The summed E-state index contributed by atoms with van der Waals surface area (Å²) in [4.78, 5) is 11.3. The Bertz CT molecular complexity index is 397. The van der Waals surface area contributed by atoms with Crippen LogP contribution in [0.4, 0.5) is 4.39 Å². The highest BCUT2D eigenvalue weighted by molar-refractivity contribution is 5.75. The molecule has 5 heteroatoms. The van der Waals surface area contributed by atoms with Gasteiger partial charge in [0.15, 0.2) is 11.6 Å². The van der Waals surface area contributed by atoms with Crippen LogP contribution in [0.1, 0.15) is 25.3 Å².